The second kappa shape index (κ2) is 40.9. The number of unbranched alkanes of at least 4 members (excludes halogenated alkanes) is 27. The Hall–Kier alpha value is 0.520. The van der Waals surface area contributed by atoms with E-state index < -0.39 is 5.97 Å². The number of aliphatic carboxylic acids is 1. The predicted octanol–water partition coefficient (Wildman–Crippen LogP) is 15.4. The first-order chi connectivity index (χ1) is 23.2. The van der Waals surface area contributed by atoms with Gasteiger partial charge in [-0.1, -0.05) is 194 Å². The van der Waals surface area contributed by atoms with Crippen molar-refractivity contribution in [2.24, 2.45) is 5.92 Å². The van der Waals surface area contributed by atoms with Crippen molar-refractivity contribution in [2.45, 2.75) is 225 Å². The molecule has 0 aliphatic carbocycles. The summed E-state index contributed by atoms with van der Waals surface area (Å²) in [6, 6.07) is 0. The van der Waals surface area contributed by atoms with Crippen LogP contribution in [0.1, 0.15) is 220 Å². The number of hydrogen-bond acceptors (Lipinski definition) is 4. The molecule has 0 saturated heterocycles. The van der Waals surface area contributed by atoms with Gasteiger partial charge >= 0.3 is 5.97 Å². The maximum Gasteiger partial charge on any atom is 0.308 e. The highest BCUT2D eigenvalue weighted by Crippen LogP contribution is 2.30. The molecular formula is C42H84O2S3. The third kappa shape index (κ3) is 36.1. The van der Waals surface area contributed by atoms with E-state index in [9.17, 15) is 9.90 Å². The van der Waals surface area contributed by atoms with E-state index in [-0.39, 0.29) is 11.2 Å². The Morgan fingerprint density at radius 3 is 1.11 bits per heavy atom. The van der Waals surface area contributed by atoms with Crippen LogP contribution >= 0.6 is 35.3 Å². The highest BCUT2D eigenvalue weighted by atomic mass is 32.2. The summed E-state index contributed by atoms with van der Waals surface area (Å²) in [5.41, 5.74) is 0. The van der Waals surface area contributed by atoms with Crippen molar-refractivity contribution in [3.8, 4) is 0 Å². The van der Waals surface area contributed by atoms with Crippen LogP contribution in [0.5, 0.6) is 0 Å². The normalized spacial score (nSPS) is 12.9. The molecule has 0 aromatic heterocycles. The molecule has 0 aliphatic rings. The van der Waals surface area contributed by atoms with Crippen LogP contribution < -0.4 is 0 Å². The number of carbonyl (C=O) groups is 1. The number of carboxylic acid groups (broad SMARTS) is 1. The highest BCUT2D eigenvalue weighted by Gasteiger charge is 2.28. The first-order valence-electron chi connectivity index (χ1n) is 21.2. The molecule has 0 rings (SSSR count). The standard InChI is InChI=1S/C42H84O2S3/c1-4-7-10-13-16-19-22-25-28-31-35-45-38-34-41(47-37-33-30-27-24-21-18-15-12-9-6-3)40(42(43)44)39-46-36-32-29-26-23-20-17-14-11-8-5-2/h40-41H,4-39H2,1-3H3,(H,43,44). The van der Waals surface area contributed by atoms with Gasteiger partial charge in [0.05, 0.1) is 5.92 Å². The van der Waals surface area contributed by atoms with Gasteiger partial charge in [-0.25, -0.2) is 0 Å². The van der Waals surface area contributed by atoms with Gasteiger partial charge in [0.15, 0.2) is 0 Å². The fourth-order valence-corrected chi connectivity index (χ4v) is 10.4. The zero-order valence-electron chi connectivity index (χ0n) is 32.2. The van der Waals surface area contributed by atoms with Crippen LogP contribution in [0.4, 0.5) is 0 Å². The molecule has 2 nitrogen and oxygen atoms in total. The third-order valence-corrected chi connectivity index (χ3v) is 13.5. The van der Waals surface area contributed by atoms with Gasteiger partial charge in [-0.15, -0.1) is 0 Å². The summed E-state index contributed by atoms with van der Waals surface area (Å²) in [6.45, 7) is 6.87. The third-order valence-electron chi connectivity index (χ3n) is 9.72. The topological polar surface area (TPSA) is 37.3 Å². The van der Waals surface area contributed by atoms with E-state index in [0.717, 1.165) is 29.4 Å². The lowest BCUT2D eigenvalue weighted by Gasteiger charge is -2.23. The summed E-state index contributed by atoms with van der Waals surface area (Å²) in [7, 11) is 0. The van der Waals surface area contributed by atoms with E-state index in [4.69, 9.17) is 0 Å². The smallest absolute Gasteiger partial charge is 0.308 e. The minimum absolute atomic E-state index is 0.200. The predicted molar refractivity (Wildman–Crippen MR) is 222 cm³/mol. The van der Waals surface area contributed by atoms with Gasteiger partial charge in [0.2, 0.25) is 0 Å². The van der Waals surface area contributed by atoms with E-state index in [2.05, 4.69) is 32.5 Å². The van der Waals surface area contributed by atoms with Gasteiger partial charge in [-0.2, -0.15) is 35.3 Å². The molecular weight excluding hydrogens is 633 g/mol. The van der Waals surface area contributed by atoms with E-state index in [1.165, 1.54) is 198 Å². The molecule has 5 heteroatoms. The summed E-state index contributed by atoms with van der Waals surface area (Å²) >= 11 is 5.99. The second-order valence-corrected chi connectivity index (χ2v) is 18.1. The molecule has 0 aliphatic heterocycles. The maximum atomic E-state index is 12.5. The Morgan fingerprint density at radius 1 is 0.426 bits per heavy atom. The summed E-state index contributed by atoms with van der Waals surface area (Å²) < 4.78 is 0. The lowest BCUT2D eigenvalue weighted by Crippen LogP contribution is -2.29. The average molecular weight is 717 g/mol. The van der Waals surface area contributed by atoms with E-state index in [0.29, 0.717) is 0 Å². The summed E-state index contributed by atoms with van der Waals surface area (Å²) in [5.74, 6) is 4.68. The average Bonchev–Trinajstić information content (AvgIpc) is 3.07. The summed E-state index contributed by atoms with van der Waals surface area (Å²) in [6.07, 6.45) is 42.3. The zero-order chi connectivity index (χ0) is 34.3. The van der Waals surface area contributed by atoms with Crippen LogP contribution in [0, 0.1) is 5.92 Å². The van der Waals surface area contributed by atoms with Crippen molar-refractivity contribution in [3.63, 3.8) is 0 Å². The van der Waals surface area contributed by atoms with Crippen LogP contribution in [-0.2, 0) is 4.79 Å². The lowest BCUT2D eigenvalue weighted by atomic mass is 10.1. The molecule has 0 fully saturated rings. The molecule has 282 valence electrons. The van der Waals surface area contributed by atoms with Crippen molar-refractivity contribution in [1.29, 1.82) is 0 Å². The quantitative estimate of drug-likeness (QED) is 0.0638. The van der Waals surface area contributed by atoms with Gasteiger partial charge < -0.3 is 5.11 Å². The zero-order valence-corrected chi connectivity index (χ0v) is 34.6. The molecule has 2 unspecified atom stereocenters. The number of hydrogen-bond donors (Lipinski definition) is 1. The molecule has 0 aromatic carbocycles. The van der Waals surface area contributed by atoms with Crippen molar-refractivity contribution < 1.29 is 9.90 Å². The van der Waals surface area contributed by atoms with Crippen LogP contribution in [-0.4, -0.2) is 45.1 Å². The van der Waals surface area contributed by atoms with Crippen LogP contribution in [0.2, 0.25) is 0 Å². The molecule has 47 heavy (non-hydrogen) atoms. The largest absolute Gasteiger partial charge is 0.481 e. The van der Waals surface area contributed by atoms with Gasteiger partial charge in [0, 0.05) is 11.0 Å². The number of carboxylic acids is 1. The van der Waals surface area contributed by atoms with Gasteiger partial charge in [0.25, 0.3) is 0 Å². The van der Waals surface area contributed by atoms with Crippen LogP contribution in [0.3, 0.4) is 0 Å². The van der Waals surface area contributed by atoms with E-state index in [1.54, 1.807) is 0 Å². The van der Waals surface area contributed by atoms with E-state index in [1.807, 2.05) is 23.5 Å². The fourth-order valence-electron chi connectivity index (χ4n) is 6.46. The number of rotatable bonds is 41. The number of thioether (sulfide) groups is 3. The molecule has 0 bridgehead atoms. The van der Waals surface area contributed by atoms with Crippen molar-refractivity contribution >= 4 is 41.3 Å². The minimum atomic E-state index is -0.555. The van der Waals surface area contributed by atoms with Gasteiger partial charge in [-0.3, -0.25) is 4.79 Å². The molecule has 2 atom stereocenters. The van der Waals surface area contributed by atoms with Gasteiger partial charge in [0.1, 0.15) is 0 Å². The Morgan fingerprint density at radius 2 is 0.745 bits per heavy atom. The highest BCUT2D eigenvalue weighted by molar-refractivity contribution is 8.01. The molecule has 0 aromatic rings. The Labute approximate surface area is 309 Å². The molecule has 0 radical (unpaired) electrons. The van der Waals surface area contributed by atoms with Gasteiger partial charge in [-0.05, 0) is 48.7 Å². The Bertz CT molecular complexity index is 602. The monoisotopic (exact) mass is 717 g/mol. The van der Waals surface area contributed by atoms with E-state index >= 15 is 0 Å². The first kappa shape index (κ1) is 47.5. The maximum absolute atomic E-state index is 12.5. The lowest BCUT2D eigenvalue weighted by molar-refractivity contribution is -0.140. The minimum Gasteiger partial charge on any atom is -0.481 e. The first-order valence-corrected chi connectivity index (χ1v) is 24.5. The molecule has 1 N–H and O–H groups in total. The van der Waals surface area contributed by atoms with Crippen molar-refractivity contribution in [1.82, 2.24) is 0 Å². The molecule has 0 spiro atoms. The summed E-state index contributed by atoms with van der Waals surface area (Å²) in [5, 5.41) is 10.5. The fraction of sp³-hybridized carbons (Fsp3) is 0.976. The van der Waals surface area contributed by atoms with Crippen molar-refractivity contribution in [2.75, 3.05) is 28.8 Å². The van der Waals surface area contributed by atoms with Crippen molar-refractivity contribution in [3.05, 3.63) is 0 Å². The Kier molecular flexibility index (Phi) is 41.4. The molecule has 0 heterocycles. The second-order valence-electron chi connectivity index (χ2n) is 14.4. The Balaban J connectivity index is 4.33. The van der Waals surface area contributed by atoms with Crippen LogP contribution in [0.15, 0.2) is 0 Å². The molecule has 0 amide bonds. The molecule has 0 saturated carbocycles. The summed E-state index contributed by atoms with van der Waals surface area (Å²) in [4.78, 5) is 12.5. The van der Waals surface area contributed by atoms with Crippen LogP contribution in [0.25, 0.3) is 0 Å². The SMILES string of the molecule is CCCCCCCCCCCCSCCC(SCCCCCCCCCCCC)C(CSCCCCCCCCCCCC)C(=O)O.